The van der Waals surface area contributed by atoms with Crippen molar-refractivity contribution in [2.24, 2.45) is 0 Å². The lowest BCUT2D eigenvalue weighted by molar-refractivity contribution is 0.471. The van der Waals surface area contributed by atoms with E-state index in [1.165, 1.54) is 16.7 Å². The molecule has 0 N–H and O–H groups in total. The van der Waals surface area contributed by atoms with E-state index in [0.29, 0.717) is 5.75 Å². The molecule has 0 bridgehead atoms. The zero-order chi connectivity index (χ0) is 16.0. The van der Waals surface area contributed by atoms with E-state index in [1.54, 1.807) is 18.6 Å². The van der Waals surface area contributed by atoms with Gasteiger partial charge in [-0.1, -0.05) is 17.7 Å². The van der Waals surface area contributed by atoms with E-state index in [-0.39, 0.29) is 0 Å². The molecule has 3 heterocycles. The predicted octanol–water partition coefficient (Wildman–Crippen LogP) is 4.37. The van der Waals surface area contributed by atoms with Gasteiger partial charge in [-0.25, -0.2) is 0 Å². The van der Waals surface area contributed by atoms with Crippen LogP contribution in [0.15, 0.2) is 43.0 Å². The Hall–Kier alpha value is -2.95. The molecule has 0 saturated heterocycles. The molecule has 1 aliphatic rings. The molecule has 5 nitrogen and oxygen atoms in total. The molecule has 0 unspecified atom stereocenters. The Labute approximate surface area is 134 Å². The number of benzene rings is 1. The predicted molar refractivity (Wildman–Crippen MR) is 88.8 cm³/mol. The fourth-order valence-electron chi connectivity index (χ4n) is 3.19. The first kappa shape index (κ1) is 13.7. The van der Waals surface area contributed by atoms with Crippen LogP contribution in [0.25, 0.3) is 0 Å². The van der Waals surface area contributed by atoms with Crippen molar-refractivity contribution in [3.63, 3.8) is 0 Å². The lowest BCUT2D eigenvalue weighted by atomic mass is 10.0. The molecular formula is C18H16N4O. The van der Waals surface area contributed by atoms with Crippen LogP contribution in [0.2, 0.25) is 0 Å². The minimum atomic E-state index is 0.693. The van der Waals surface area contributed by atoms with E-state index in [4.69, 9.17) is 4.74 Å². The minimum Gasteiger partial charge on any atom is -0.451 e. The normalized spacial score (nSPS) is 12.4. The molecule has 0 atom stereocenters. The summed E-state index contributed by atoms with van der Waals surface area (Å²) in [7, 11) is 0. The maximum absolute atomic E-state index is 5.95. The van der Waals surface area contributed by atoms with Gasteiger partial charge in [-0.15, -0.1) is 0 Å². The molecular weight excluding hydrogens is 288 g/mol. The maximum Gasteiger partial charge on any atom is 0.173 e. The van der Waals surface area contributed by atoms with Gasteiger partial charge in [0.2, 0.25) is 0 Å². The number of ether oxygens (including phenoxy) is 1. The summed E-state index contributed by atoms with van der Waals surface area (Å²) >= 11 is 0. The summed E-state index contributed by atoms with van der Waals surface area (Å²) in [4.78, 5) is 6.42. The molecule has 1 aliphatic heterocycles. The quantitative estimate of drug-likeness (QED) is 0.522. The van der Waals surface area contributed by atoms with E-state index in [1.807, 2.05) is 12.3 Å². The number of rotatable bonds is 1. The summed E-state index contributed by atoms with van der Waals surface area (Å²) in [6, 6.07) is 6.23. The van der Waals surface area contributed by atoms with Gasteiger partial charge in [0.15, 0.2) is 11.5 Å². The van der Waals surface area contributed by atoms with Gasteiger partial charge in [0.1, 0.15) is 11.4 Å². The molecule has 23 heavy (non-hydrogen) atoms. The van der Waals surface area contributed by atoms with Gasteiger partial charge < -0.3 is 9.64 Å². The SMILES string of the molecule is Cc1cc(C)c(N2c3cnccc3Oc3cnncc32)c(C)c1. The smallest absolute Gasteiger partial charge is 0.173 e. The van der Waals surface area contributed by atoms with Crippen molar-refractivity contribution in [3.05, 3.63) is 59.7 Å². The third-order valence-electron chi connectivity index (χ3n) is 4.00. The fourth-order valence-corrected chi connectivity index (χ4v) is 3.19. The topological polar surface area (TPSA) is 51.1 Å². The molecule has 2 aromatic heterocycles. The highest BCUT2D eigenvalue weighted by Crippen LogP contribution is 2.50. The average molecular weight is 304 g/mol. The van der Waals surface area contributed by atoms with E-state index >= 15 is 0 Å². The Bertz CT molecular complexity index is 839. The van der Waals surface area contributed by atoms with Gasteiger partial charge in [-0.05, 0) is 31.9 Å². The third-order valence-corrected chi connectivity index (χ3v) is 4.00. The molecule has 114 valence electrons. The zero-order valence-corrected chi connectivity index (χ0v) is 13.2. The van der Waals surface area contributed by atoms with Crippen molar-refractivity contribution >= 4 is 17.1 Å². The summed E-state index contributed by atoms with van der Waals surface area (Å²) in [6.45, 7) is 6.35. The number of pyridine rings is 1. The summed E-state index contributed by atoms with van der Waals surface area (Å²) in [5.41, 5.74) is 6.54. The second-order valence-corrected chi connectivity index (χ2v) is 5.77. The van der Waals surface area contributed by atoms with Crippen molar-refractivity contribution in [2.75, 3.05) is 4.90 Å². The first-order valence-electron chi connectivity index (χ1n) is 7.45. The Morgan fingerprint density at radius 2 is 1.57 bits per heavy atom. The molecule has 0 amide bonds. The zero-order valence-electron chi connectivity index (χ0n) is 13.2. The lowest BCUT2D eigenvalue weighted by Crippen LogP contribution is -2.18. The summed E-state index contributed by atoms with van der Waals surface area (Å²) in [5.74, 6) is 1.46. The molecule has 0 radical (unpaired) electrons. The molecule has 0 spiro atoms. The van der Waals surface area contributed by atoms with Crippen LogP contribution >= 0.6 is 0 Å². The van der Waals surface area contributed by atoms with Gasteiger partial charge in [-0.2, -0.15) is 10.2 Å². The number of aromatic nitrogens is 3. The number of anilines is 3. The van der Waals surface area contributed by atoms with Gasteiger partial charge >= 0.3 is 0 Å². The first-order chi connectivity index (χ1) is 11.1. The number of fused-ring (bicyclic) bond motifs is 2. The lowest BCUT2D eigenvalue weighted by Gasteiger charge is -2.33. The number of hydrogen-bond acceptors (Lipinski definition) is 5. The summed E-state index contributed by atoms with van der Waals surface area (Å²) in [5, 5.41) is 7.97. The van der Waals surface area contributed by atoms with Crippen molar-refractivity contribution in [1.82, 2.24) is 15.2 Å². The Morgan fingerprint density at radius 3 is 2.35 bits per heavy atom. The van der Waals surface area contributed by atoms with Gasteiger partial charge in [-0.3, -0.25) is 4.98 Å². The number of hydrogen-bond donors (Lipinski definition) is 0. The molecule has 4 rings (SSSR count). The van der Waals surface area contributed by atoms with Crippen molar-refractivity contribution in [1.29, 1.82) is 0 Å². The van der Waals surface area contributed by atoms with Crippen LogP contribution in [0, 0.1) is 20.8 Å². The monoisotopic (exact) mass is 304 g/mol. The second-order valence-electron chi connectivity index (χ2n) is 5.77. The fraction of sp³-hybridized carbons (Fsp3) is 0.167. The largest absolute Gasteiger partial charge is 0.451 e. The van der Waals surface area contributed by atoms with Crippen LogP contribution in [0.5, 0.6) is 11.5 Å². The number of nitrogens with zero attached hydrogens (tertiary/aromatic N) is 4. The van der Waals surface area contributed by atoms with Crippen LogP contribution in [0.4, 0.5) is 17.1 Å². The second kappa shape index (κ2) is 5.05. The van der Waals surface area contributed by atoms with Crippen LogP contribution in [-0.2, 0) is 0 Å². The molecule has 5 heteroatoms. The highest BCUT2D eigenvalue weighted by Gasteiger charge is 2.28. The maximum atomic E-state index is 5.95. The Morgan fingerprint density at radius 1 is 0.870 bits per heavy atom. The Balaban J connectivity index is 2.02. The van der Waals surface area contributed by atoms with Gasteiger partial charge in [0.25, 0.3) is 0 Å². The average Bonchev–Trinajstić information content (AvgIpc) is 2.53. The standard InChI is InChI=1S/C18H16N4O/c1-11-6-12(2)18(13(3)7-11)22-14-8-19-5-4-16(14)23-17-10-21-20-9-15(17)22/h4-10H,1-3H3. The van der Waals surface area contributed by atoms with Crippen LogP contribution in [0.1, 0.15) is 16.7 Å². The van der Waals surface area contributed by atoms with Gasteiger partial charge in [0.05, 0.1) is 24.3 Å². The highest BCUT2D eigenvalue weighted by molar-refractivity contribution is 5.87. The molecule has 0 fully saturated rings. The molecule has 0 aliphatic carbocycles. The van der Waals surface area contributed by atoms with Gasteiger partial charge in [0, 0.05) is 12.3 Å². The van der Waals surface area contributed by atoms with E-state index < -0.39 is 0 Å². The van der Waals surface area contributed by atoms with Crippen molar-refractivity contribution in [3.8, 4) is 11.5 Å². The first-order valence-corrected chi connectivity index (χ1v) is 7.45. The highest BCUT2D eigenvalue weighted by atomic mass is 16.5. The molecule has 1 aromatic carbocycles. The molecule has 0 saturated carbocycles. The van der Waals surface area contributed by atoms with E-state index in [9.17, 15) is 0 Å². The van der Waals surface area contributed by atoms with Crippen molar-refractivity contribution in [2.45, 2.75) is 20.8 Å². The number of aryl methyl sites for hydroxylation is 3. The summed E-state index contributed by atoms with van der Waals surface area (Å²) in [6.07, 6.45) is 6.91. The molecule has 3 aromatic rings. The van der Waals surface area contributed by atoms with Crippen LogP contribution < -0.4 is 9.64 Å². The van der Waals surface area contributed by atoms with E-state index in [0.717, 1.165) is 22.8 Å². The minimum absolute atomic E-state index is 0.693. The van der Waals surface area contributed by atoms with Crippen LogP contribution in [-0.4, -0.2) is 15.2 Å². The third kappa shape index (κ3) is 2.12. The van der Waals surface area contributed by atoms with Crippen LogP contribution in [0.3, 0.4) is 0 Å². The Kier molecular flexibility index (Phi) is 3.01. The summed E-state index contributed by atoms with van der Waals surface area (Å²) < 4.78 is 5.95. The van der Waals surface area contributed by atoms with Crippen molar-refractivity contribution < 1.29 is 4.74 Å². The van der Waals surface area contributed by atoms with E-state index in [2.05, 4.69) is 53.0 Å².